The van der Waals surface area contributed by atoms with Crippen molar-refractivity contribution < 1.29 is 46.6 Å². The van der Waals surface area contributed by atoms with Crippen molar-refractivity contribution in [2.24, 2.45) is 0 Å². The maximum Gasteiger partial charge on any atom is 0.407 e. The van der Waals surface area contributed by atoms with Crippen LogP contribution in [0, 0.1) is 0 Å². The van der Waals surface area contributed by atoms with Crippen LogP contribution in [0.5, 0.6) is 0 Å². The molecule has 0 aliphatic carbocycles. The molecule has 5 atom stereocenters. The number of hydrogen-bond donors (Lipinski definition) is 5. The van der Waals surface area contributed by atoms with Crippen LogP contribution in [-0.4, -0.2) is 77.9 Å². The molecule has 162 valence electrons. The summed E-state index contributed by atoms with van der Waals surface area (Å²) in [5.41, 5.74) is 0. The Morgan fingerprint density at radius 3 is 1.96 bits per heavy atom. The monoisotopic (exact) mass is 435 g/mol. The van der Waals surface area contributed by atoms with Crippen LogP contribution < -0.4 is 5.09 Å². The molecule has 0 bridgehead atoms. The average molecular weight is 435 g/mol. The first-order valence-corrected chi connectivity index (χ1v) is 12.0. The molecule has 1 aliphatic rings. The van der Waals surface area contributed by atoms with Gasteiger partial charge in [-0.15, -0.1) is 0 Å². The molecular formula is C14H30NO10PS. The van der Waals surface area contributed by atoms with Crippen molar-refractivity contribution >= 4 is 17.9 Å². The molecule has 0 radical (unpaired) electrons. The van der Waals surface area contributed by atoms with Gasteiger partial charge in [0.15, 0.2) is 0 Å². The number of aliphatic hydroxyl groups is 3. The molecule has 0 spiro atoms. The van der Waals surface area contributed by atoms with Gasteiger partial charge in [0.25, 0.3) is 10.1 Å². The fraction of sp³-hybridized carbons (Fsp3) is 1.00. The van der Waals surface area contributed by atoms with Crippen LogP contribution in [0.1, 0.15) is 39.5 Å². The van der Waals surface area contributed by atoms with Gasteiger partial charge in [-0.1, -0.05) is 26.7 Å². The highest BCUT2D eigenvalue weighted by molar-refractivity contribution is 7.85. The molecule has 1 saturated heterocycles. The second-order valence-electron chi connectivity index (χ2n) is 6.32. The molecule has 0 amide bonds. The van der Waals surface area contributed by atoms with E-state index in [0.717, 1.165) is 12.8 Å². The van der Waals surface area contributed by atoms with Crippen LogP contribution in [0.2, 0.25) is 0 Å². The molecule has 0 aromatic rings. The smallest absolute Gasteiger partial charge is 0.388 e. The predicted octanol–water partition coefficient (Wildman–Crippen LogP) is 0.0129. The second kappa shape index (κ2) is 11.1. The van der Waals surface area contributed by atoms with Crippen molar-refractivity contribution in [1.29, 1.82) is 0 Å². The van der Waals surface area contributed by atoms with Crippen molar-refractivity contribution in [3.8, 4) is 0 Å². The van der Waals surface area contributed by atoms with Gasteiger partial charge in [0.2, 0.25) is 0 Å². The van der Waals surface area contributed by atoms with Crippen LogP contribution in [-0.2, 0) is 28.5 Å². The number of ether oxygens (including phenoxy) is 1. The van der Waals surface area contributed by atoms with Crippen LogP contribution in [0.25, 0.3) is 0 Å². The van der Waals surface area contributed by atoms with E-state index in [0.29, 0.717) is 12.8 Å². The lowest BCUT2D eigenvalue weighted by Crippen LogP contribution is -2.62. The van der Waals surface area contributed by atoms with Crippen molar-refractivity contribution in [2.75, 3.05) is 19.0 Å². The molecule has 0 saturated carbocycles. The predicted molar refractivity (Wildman–Crippen MR) is 95.6 cm³/mol. The summed E-state index contributed by atoms with van der Waals surface area (Å²) in [7, 11) is -8.49. The van der Waals surface area contributed by atoms with Gasteiger partial charge >= 0.3 is 7.75 Å². The molecule has 1 fully saturated rings. The Morgan fingerprint density at radius 2 is 1.52 bits per heavy atom. The van der Waals surface area contributed by atoms with E-state index in [1.165, 1.54) is 0 Å². The Balaban J connectivity index is 2.90. The minimum atomic E-state index is -4.54. The quantitative estimate of drug-likeness (QED) is 0.159. The molecule has 11 nitrogen and oxygen atoms in total. The normalized spacial score (nSPS) is 29.8. The molecule has 13 heteroatoms. The standard InChI is InChI=1S/C14H30NO10PS/c1-3-5-7-23-26(19,24-8-6-4-2)15-14-13(18)12(17)11(16)10(25-14)9-27(20,21)22/h10-14,16-18H,3-9H2,1-2H3,(H,15,19)(H,20,21,22)/t10-,11-,12+,13-,14-/m1/s1. The van der Waals surface area contributed by atoms with Gasteiger partial charge in [-0.3, -0.25) is 13.6 Å². The summed E-state index contributed by atoms with van der Waals surface area (Å²) >= 11 is 0. The number of unbranched alkanes of at least 4 members (excludes halogenated alkanes) is 2. The van der Waals surface area contributed by atoms with Crippen LogP contribution in [0.3, 0.4) is 0 Å². The zero-order valence-electron chi connectivity index (χ0n) is 15.4. The third-order valence-electron chi connectivity index (χ3n) is 3.89. The Labute approximate surface area is 159 Å². The number of nitrogens with one attached hydrogen (secondary N) is 1. The molecule has 27 heavy (non-hydrogen) atoms. The minimum absolute atomic E-state index is 0.106. The van der Waals surface area contributed by atoms with E-state index >= 15 is 0 Å². The topological polar surface area (TPSA) is 172 Å². The lowest BCUT2D eigenvalue weighted by Gasteiger charge is -2.41. The van der Waals surface area contributed by atoms with Gasteiger partial charge in [0, 0.05) is 0 Å². The van der Waals surface area contributed by atoms with Crippen LogP contribution in [0.15, 0.2) is 0 Å². The Bertz CT molecular complexity index is 574. The van der Waals surface area contributed by atoms with Gasteiger partial charge in [-0.25, -0.2) is 4.57 Å². The molecular weight excluding hydrogens is 405 g/mol. The molecule has 0 aromatic heterocycles. The first-order chi connectivity index (χ1) is 12.5. The third kappa shape index (κ3) is 8.40. The largest absolute Gasteiger partial charge is 0.407 e. The van der Waals surface area contributed by atoms with E-state index in [4.69, 9.17) is 18.3 Å². The van der Waals surface area contributed by atoms with Crippen LogP contribution in [0.4, 0.5) is 0 Å². The van der Waals surface area contributed by atoms with Crippen molar-refractivity contribution in [3.05, 3.63) is 0 Å². The highest BCUT2D eigenvalue weighted by atomic mass is 32.2. The van der Waals surface area contributed by atoms with E-state index < -0.39 is 54.3 Å². The van der Waals surface area contributed by atoms with Gasteiger partial charge in [0.05, 0.1) is 13.2 Å². The molecule has 1 aliphatic heterocycles. The third-order valence-corrected chi connectivity index (χ3v) is 6.26. The molecule has 5 N–H and O–H groups in total. The summed E-state index contributed by atoms with van der Waals surface area (Å²) in [4.78, 5) is 0. The number of aliphatic hydroxyl groups excluding tert-OH is 3. The molecule has 0 aromatic carbocycles. The fourth-order valence-corrected chi connectivity index (χ4v) is 4.51. The highest BCUT2D eigenvalue weighted by Crippen LogP contribution is 2.45. The van der Waals surface area contributed by atoms with Crippen molar-refractivity contribution in [1.82, 2.24) is 5.09 Å². The summed E-state index contributed by atoms with van der Waals surface area (Å²) in [5, 5.41) is 32.3. The summed E-state index contributed by atoms with van der Waals surface area (Å²) in [5.74, 6) is -1.02. The second-order valence-corrected chi connectivity index (χ2v) is 9.58. The van der Waals surface area contributed by atoms with Gasteiger partial charge in [-0.2, -0.15) is 13.5 Å². The van der Waals surface area contributed by atoms with Gasteiger partial charge in [0.1, 0.15) is 36.4 Å². The maximum absolute atomic E-state index is 12.9. The van der Waals surface area contributed by atoms with Gasteiger partial charge in [-0.05, 0) is 12.8 Å². The van der Waals surface area contributed by atoms with E-state index in [-0.39, 0.29) is 13.2 Å². The van der Waals surface area contributed by atoms with Crippen molar-refractivity contribution in [2.45, 2.75) is 70.2 Å². The molecule has 1 rings (SSSR count). The SMILES string of the molecule is CCCCOP(=O)(N[C@@H]1O[C@H](CS(=O)(=O)O)[C@@H](O)[C@H](O)[C@H]1O)OCCCC. The molecule has 1 heterocycles. The highest BCUT2D eigenvalue weighted by Gasteiger charge is 2.47. The Morgan fingerprint density at radius 1 is 1.00 bits per heavy atom. The Kier molecular flexibility index (Phi) is 10.3. The van der Waals surface area contributed by atoms with Crippen molar-refractivity contribution in [3.63, 3.8) is 0 Å². The van der Waals surface area contributed by atoms with Gasteiger partial charge < -0.3 is 20.1 Å². The number of hydrogen-bond acceptors (Lipinski definition) is 9. The summed E-state index contributed by atoms with van der Waals surface area (Å²) < 4.78 is 59.8. The molecule has 0 unspecified atom stereocenters. The Hall–Kier alpha value is -0.140. The zero-order chi connectivity index (χ0) is 20.7. The first kappa shape index (κ1) is 24.9. The lowest BCUT2D eigenvalue weighted by molar-refractivity contribution is -0.220. The summed E-state index contributed by atoms with van der Waals surface area (Å²) in [6, 6.07) is 0. The number of rotatable bonds is 12. The first-order valence-electron chi connectivity index (χ1n) is 8.84. The van der Waals surface area contributed by atoms with Crippen LogP contribution >= 0.6 is 7.75 Å². The maximum atomic E-state index is 12.9. The summed E-state index contributed by atoms with van der Waals surface area (Å²) in [6.07, 6.45) is -5.68. The van der Waals surface area contributed by atoms with E-state index in [9.17, 15) is 28.3 Å². The van der Waals surface area contributed by atoms with E-state index in [1.807, 2.05) is 13.8 Å². The van der Waals surface area contributed by atoms with E-state index in [2.05, 4.69) is 5.09 Å². The van der Waals surface area contributed by atoms with E-state index in [1.54, 1.807) is 0 Å². The fourth-order valence-electron chi connectivity index (χ4n) is 2.33. The summed E-state index contributed by atoms with van der Waals surface area (Å²) in [6.45, 7) is 4.03. The zero-order valence-corrected chi connectivity index (χ0v) is 17.1. The minimum Gasteiger partial charge on any atom is -0.388 e. The lowest BCUT2D eigenvalue weighted by atomic mass is 9.99. The average Bonchev–Trinajstić information content (AvgIpc) is 2.56.